The van der Waals surface area contributed by atoms with Crippen LogP contribution in [0, 0.1) is 5.82 Å². The van der Waals surface area contributed by atoms with Crippen LogP contribution >= 0.6 is 0 Å². The third-order valence-corrected chi connectivity index (χ3v) is 3.12. The van der Waals surface area contributed by atoms with Gasteiger partial charge in [0.15, 0.2) is 11.6 Å². The standard InChI is InChI=1S/C15H20FNO4/c1-10(2)17(9-14(19)20)13(18)8-7-11-5-4-6-12(21-3)15(11)16/h4-6,10H,7-9H2,1-3H3,(H,19,20). The molecule has 0 bridgehead atoms. The number of halogens is 1. The second-order valence-electron chi connectivity index (χ2n) is 4.94. The Hall–Kier alpha value is -2.11. The van der Waals surface area contributed by atoms with Crippen molar-refractivity contribution in [3.63, 3.8) is 0 Å². The molecule has 6 heteroatoms. The highest BCUT2D eigenvalue weighted by Crippen LogP contribution is 2.21. The monoisotopic (exact) mass is 297 g/mol. The molecule has 116 valence electrons. The summed E-state index contributed by atoms with van der Waals surface area (Å²) in [5, 5.41) is 8.81. The molecule has 0 fully saturated rings. The second-order valence-corrected chi connectivity index (χ2v) is 4.94. The molecule has 21 heavy (non-hydrogen) atoms. The number of carbonyl (C=O) groups is 2. The Morgan fingerprint density at radius 2 is 2.05 bits per heavy atom. The number of carbonyl (C=O) groups excluding carboxylic acids is 1. The van der Waals surface area contributed by atoms with Crippen molar-refractivity contribution in [2.45, 2.75) is 32.7 Å². The zero-order valence-corrected chi connectivity index (χ0v) is 12.4. The lowest BCUT2D eigenvalue weighted by molar-refractivity contribution is -0.145. The van der Waals surface area contributed by atoms with E-state index in [0.29, 0.717) is 5.56 Å². The molecule has 0 aliphatic carbocycles. The molecule has 0 saturated carbocycles. The predicted octanol–water partition coefficient (Wildman–Crippen LogP) is 2.09. The molecule has 0 unspecified atom stereocenters. The van der Waals surface area contributed by atoms with Crippen molar-refractivity contribution in [1.82, 2.24) is 4.90 Å². The van der Waals surface area contributed by atoms with Gasteiger partial charge in [0.2, 0.25) is 5.91 Å². The number of aryl methyl sites for hydroxylation is 1. The molecular weight excluding hydrogens is 277 g/mol. The number of nitrogens with zero attached hydrogens (tertiary/aromatic N) is 1. The van der Waals surface area contributed by atoms with Crippen LogP contribution in [0.1, 0.15) is 25.8 Å². The van der Waals surface area contributed by atoms with Gasteiger partial charge in [0.1, 0.15) is 6.54 Å². The number of aliphatic carboxylic acids is 1. The Balaban J connectivity index is 2.73. The number of carboxylic acid groups (broad SMARTS) is 1. The van der Waals surface area contributed by atoms with Crippen molar-refractivity contribution >= 4 is 11.9 Å². The number of amides is 1. The van der Waals surface area contributed by atoms with E-state index in [9.17, 15) is 14.0 Å². The summed E-state index contributed by atoms with van der Waals surface area (Å²) >= 11 is 0. The molecule has 1 aromatic carbocycles. The van der Waals surface area contributed by atoms with Gasteiger partial charge in [-0.15, -0.1) is 0 Å². The first kappa shape index (κ1) is 16.9. The molecule has 0 spiro atoms. The van der Waals surface area contributed by atoms with Gasteiger partial charge in [-0.2, -0.15) is 0 Å². The molecule has 1 N–H and O–H groups in total. The summed E-state index contributed by atoms with van der Waals surface area (Å²) in [5.74, 6) is -1.73. The summed E-state index contributed by atoms with van der Waals surface area (Å²) in [4.78, 5) is 24.1. The summed E-state index contributed by atoms with van der Waals surface area (Å²) in [6, 6.07) is 4.52. The molecule has 0 radical (unpaired) electrons. The number of rotatable bonds is 7. The van der Waals surface area contributed by atoms with E-state index in [1.54, 1.807) is 26.0 Å². The lowest BCUT2D eigenvalue weighted by Gasteiger charge is -2.25. The average Bonchev–Trinajstić information content (AvgIpc) is 2.42. The summed E-state index contributed by atoms with van der Waals surface area (Å²) in [6.45, 7) is 3.14. The fourth-order valence-electron chi connectivity index (χ4n) is 2.00. The number of ether oxygens (including phenoxy) is 1. The van der Waals surface area contributed by atoms with Crippen LogP contribution in [0.2, 0.25) is 0 Å². The number of hydrogen-bond donors (Lipinski definition) is 1. The lowest BCUT2D eigenvalue weighted by Crippen LogP contribution is -2.40. The zero-order valence-electron chi connectivity index (χ0n) is 12.4. The van der Waals surface area contributed by atoms with E-state index < -0.39 is 11.8 Å². The molecule has 0 saturated heterocycles. The average molecular weight is 297 g/mol. The lowest BCUT2D eigenvalue weighted by atomic mass is 10.1. The molecule has 5 nitrogen and oxygen atoms in total. The third-order valence-electron chi connectivity index (χ3n) is 3.12. The fraction of sp³-hybridized carbons (Fsp3) is 0.467. The van der Waals surface area contributed by atoms with Crippen molar-refractivity contribution in [3.05, 3.63) is 29.6 Å². The molecular formula is C15H20FNO4. The zero-order chi connectivity index (χ0) is 16.0. The summed E-state index contributed by atoms with van der Waals surface area (Å²) < 4.78 is 18.8. The number of methoxy groups -OCH3 is 1. The van der Waals surface area contributed by atoms with E-state index in [1.165, 1.54) is 18.1 Å². The van der Waals surface area contributed by atoms with E-state index in [2.05, 4.69) is 0 Å². The van der Waals surface area contributed by atoms with E-state index in [0.717, 1.165) is 0 Å². The maximum absolute atomic E-state index is 13.9. The van der Waals surface area contributed by atoms with Gasteiger partial charge in [-0.1, -0.05) is 12.1 Å². The van der Waals surface area contributed by atoms with Crippen LogP contribution in [0.25, 0.3) is 0 Å². The van der Waals surface area contributed by atoms with Crippen LogP contribution in [-0.4, -0.2) is 41.6 Å². The van der Waals surface area contributed by atoms with Gasteiger partial charge >= 0.3 is 5.97 Å². The maximum atomic E-state index is 13.9. The van der Waals surface area contributed by atoms with Gasteiger partial charge in [-0.05, 0) is 31.9 Å². The quantitative estimate of drug-likeness (QED) is 0.837. The minimum Gasteiger partial charge on any atom is -0.494 e. The molecule has 0 aliphatic rings. The normalized spacial score (nSPS) is 10.5. The summed E-state index contributed by atoms with van der Waals surface area (Å²) in [7, 11) is 1.38. The van der Waals surface area contributed by atoms with Crippen molar-refractivity contribution in [2.75, 3.05) is 13.7 Å². The van der Waals surface area contributed by atoms with Crippen molar-refractivity contribution in [3.8, 4) is 5.75 Å². The Kier molecular flexibility index (Phi) is 6.14. The second kappa shape index (κ2) is 7.61. The van der Waals surface area contributed by atoms with Crippen LogP contribution in [0.4, 0.5) is 4.39 Å². The topological polar surface area (TPSA) is 66.8 Å². The van der Waals surface area contributed by atoms with E-state index in [4.69, 9.17) is 9.84 Å². The van der Waals surface area contributed by atoms with Crippen LogP contribution in [0.15, 0.2) is 18.2 Å². The van der Waals surface area contributed by atoms with Crippen molar-refractivity contribution in [2.24, 2.45) is 0 Å². The number of carboxylic acids is 1. The maximum Gasteiger partial charge on any atom is 0.323 e. The molecule has 1 amide bonds. The van der Waals surface area contributed by atoms with Crippen LogP contribution in [0.5, 0.6) is 5.75 Å². The van der Waals surface area contributed by atoms with Crippen molar-refractivity contribution in [1.29, 1.82) is 0 Å². The van der Waals surface area contributed by atoms with E-state index in [-0.39, 0.29) is 37.1 Å². The Morgan fingerprint density at radius 3 is 2.57 bits per heavy atom. The number of benzene rings is 1. The highest BCUT2D eigenvalue weighted by molar-refractivity contribution is 5.81. The van der Waals surface area contributed by atoms with Gasteiger partial charge in [0.05, 0.1) is 7.11 Å². The highest BCUT2D eigenvalue weighted by atomic mass is 19.1. The highest BCUT2D eigenvalue weighted by Gasteiger charge is 2.20. The molecule has 0 heterocycles. The van der Waals surface area contributed by atoms with Crippen LogP contribution in [-0.2, 0) is 16.0 Å². The number of hydrogen-bond acceptors (Lipinski definition) is 3. The first-order chi connectivity index (χ1) is 9.86. The minimum absolute atomic E-state index is 0.0511. The summed E-state index contributed by atoms with van der Waals surface area (Å²) in [6.07, 6.45) is 0.250. The first-order valence-corrected chi connectivity index (χ1v) is 6.69. The minimum atomic E-state index is -1.07. The SMILES string of the molecule is COc1cccc(CCC(=O)N(CC(=O)O)C(C)C)c1F. The van der Waals surface area contributed by atoms with Crippen LogP contribution < -0.4 is 4.74 Å². The molecule has 1 rings (SSSR count). The van der Waals surface area contributed by atoms with Crippen LogP contribution in [0.3, 0.4) is 0 Å². The molecule has 1 aromatic rings. The molecule has 0 aliphatic heterocycles. The van der Waals surface area contributed by atoms with Gasteiger partial charge in [-0.25, -0.2) is 4.39 Å². The first-order valence-electron chi connectivity index (χ1n) is 6.69. The van der Waals surface area contributed by atoms with E-state index >= 15 is 0 Å². The van der Waals surface area contributed by atoms with Gasteiger partial charge in [0.25, 0.3) is 0 Å². The Bertz CT molecular complexity index is 516. The Morgan fingerprint density at radius 1 is 1.38 bits per heavy atom. The van der Waals surface area contributed by atoms with Gasteiger partial charge < -0.3 is 14.7 Å². The third kappa shape index (κ3) is 4.73. The van der Waals surface area contributed by atoms with Gasteiger partial charge in [-0.3, -0.25) is 9.59 Å². The van der Waals surface area contributed by atoms with Gasteiger partial charge in [0, 0.05) is 12.5 Å². The molecule has 0 aromatic heterocycles. The fourth-order valence-corrected chi connectivity index (χ4v) is 2.00. The van der Waals surface area contributed by atoms with Crippen molar-refractivity contribution < 1.29 is 23.8 Å². The largest absolute Gasteiger partial charge is 0.494 e. The Labute approximate surface area is 123 Å². The van der Waals surface area contributed by atoms with E-state index in [1.807, 2.05) is 0 Å². The predicted molar refractivity (Wildman–Crippen MR) is 75.8 cm³/mol. The summed E-state index contributed by atoms with van der Waals surface area (Å²) in [5.41, 5.74) is 0.377. The molecule has 0 atom stereocenters. The smallest absolute Gasteiger partial charge is 0.323 e.